The van der Waals surface area contributed by atoms with Crippen molar-refractivity contribution in [2.45, 2.75) is 51.9 Å². The van der Waals surface area contributed by atoms with Crippen LogP contribution >= 0.6 is 23.2 Å². The molecule has 54 heavy (non-hydrogen) atoms. The van der Waals surface area contributed by atoms with E-state index in [0.717, 1.165) is 17.9 Å². The molecule has 0 radical (unpaired) electrons. The van der Waals surface area contributed by atoms with Gasteiger partial charge >= 0.3 is 17.9 Å². The van der Waals surface area contributed by atoms with E-state index in [9.17, 15) is 38.0 Å². The number of alkyl halides is 1. The fraction of sp³-hybridized carbons (Fsp3) is 0.270. The van der Waals surface area contributed by atoms with E-state index in [2.05, 4.69) is 5.32 Å². The molecule has 0 fully saturated rings. The van der Waals surface area contributed by atoms with Crippen molar-refractivity contribution >= 4 is 64.7 Å². The Morgan fingerprint density at radius 1 is 0.870 bits per heavy atom. The van der Waals surface area contributed by atoms with Crippen molar-refractivity contribution in [3.8, 4) is 23.0 Å². The van der Waals surface area contributed by atoms with Gasteiger partial charge in [-0.25, -0.2) is 9.18 Å². The van der Waals surface area contributed by atoms with Gasteiger partial charge in [0, 0.05) is 86.3 Å². The van der Waals surface area contributed by atoms with Crippen LogP contribution in [0.15, 0.2) is 54.1 Å². The lowest BCUT2D eigenvalue weighted by atomic mass is 9.77. The van der Waals surface area contributed by atoms with Crippen LogP contribution in [0.1, 0.15) is 77.4 Å². The Labute approximate surface area is 316 Å². The molecule has 3 aliphatic rings. The smallest absolute Gasteiger partial charge is 0.340 e. The second-order valence-corrected chi connectivity index (χ2v) is 13.3. The minimum Gasteiger partial charge on any atom is -0.456 e. The summed E-state index contributed by atoms with van der Waals surface area (Å²) in [6.45, 7) is 3.71. The summed E-state index contributed by atoms with van der Waals surface area (Å²) >= 11 is 13.0. The maximum absolute atomic E-state index is 14.0. The van der Waals surface area contributed by atoms with Crippen molar-refractivity contribution < 1.29 is 56.9 Å². The summed E-state index contributed by atoms with van der Waals surface area (Å²) in [4.78, 5) is 87.3. The average molecular weight is 783 g/mol. The van der Waals surface area contributed by atoms with Gasteiger partial charge < -0.3 is 29.6 Å². The number of fused-ring (bicyclic) bond motifs is 6. The predicted octanol–water partition coefficient (Wildman–Crippen LogP) is 5.04. The molecular formula is C37H30Cl2FN3O11. The first-order chi connectivity index (χ1) is 25.6. The van der Waals surface area contributed by atoms with E-state index >= 15 is 0 Å². The number of ether oxygens (including phenoxy) is 4. The van der Waals surface area contributed by atoms with Gasteiger partial charge in [-0.05, 0) is 37.1 Å². The van der Waals surface area contributed by atoms with Gasteiger partial charge in [-0.15, -0.1) is 0 Å². The first kappa shape index (κ1) is 37.9. The first-order valence-corrected chi connectivity index (χ1v) is 17.2. The third-order valence-electron chi connectivity index (χ3n) is 8.62. The Hall–Kier alpha value is -5.80. The van der Waals surface area contributed by atoms with Crippen LogP contribution in [-0.2, 0) is 34.3 Å². The molecule has 280 valence electrons. The standard InChI is InChI=1S/C37H30Cl2FN3O11/c1-17(44)42-32(40)11-21-12-33(47)43(35(21)49)9-5-4-8-41-34(48)20-6-7-23-22(10-20)36(50)54-37(23)24-13-26(38)30(51-18(2)45)15-28(24)53-29-16-31(52-19(3)46)27(39)14-25(29)37/h6-7,10,12-16,32H,4-5,8-9,11H2,1-3H3,(H,41,48)(H,42,44). The van der Waals surface area contributed by atoms with Crippen molar-refractivity contribution in [1.82, 2.24) is 15.5 Å². The van der Waals surface area contributed by atoms with E-state index in [-0.39, 0.29) is 74.0 Å². The monoisotopic (exact) mass is 781 g/mol. The molecule has 17 heteroatoms. The highest BCUT2D eigenvalue weighted by atomic mass is 35.5. The number of esters is 3. The van der Waals surface area contributed by atoms with Crippen molar-refractivity contribution in [3.63, 3.8) is 0 Å². The molecule has 0 bridgehead atoms. The van der Waals surface area contributed by atoms with Crippen LogP contribution in [-0.4, -0.2) is 65.8 Å². The highest BCUT2D eigenvalue weighted by Crippen LogP contribution is 2.58. The summed E-state index contributed by atoms with van der Waals surface area (Å²) in [5.74, 6) is -4.30. The lowest BCUT2D eigenvalue weighted by molar-refractivity contribution is -0.138. The van der Waals surface area contributed by atoms with Gasteiger partial charge in [-0.2, -0.15) is 0 Å². The number of halogens is 3. The van der Waals surface area contributed by atoms with Gasteiger partial charge in [0.1, 0.15) is 11.5 Å². The highest BCUT2D eigenvalue weighted by molar-refractivity contribution is 6.33. The molecule has 3 heterocycles. The number of carbonyl (C=O) groups is 7. The molecule has 0 saturated heterocycles. The molecule has 14 nitrogen and oxygen atoms in total. The predicted molar refractivity (Wildman–Crippen MR) is 187 cm³/mol. The van der Waals surface area contributed by atoms with E-state index in [0.29, 0.717) is 18.4 Å². The zero-order valence-corrected chi connectivity index (χ0v) is 30.3. The van der Waals surface area contributed by atoms with Gasteiger partial charge in [0.05, 0.1) is 15.6 Å². The summed E-state index contributed by atoms with van der Waals surface area (Å²) in [5.41, 5.74) is -0.770. The van der Waals surface area contributed by atoms with Gasteiger partial charge in [-0.1, -0.05) is 29.3 Å². The molecule has 0 aromatic heterocycles. The van der Waals surface area contributed by atoms with Gasteiger partial charge in [0.25, 0.3) is 17.7 Å². The number of rotatable bonds is 11. The second-order valence-electron chi connectivity index (χ2n) is 12.5. The fourth-order valence-corrected chi connectivity index (χ4v) is 6.82. The number of hydrogen-bond donors (Lipinski definition) is 2. The first-order valence-electron chi connectivity index (χ1n) is 16.5. The summed E-state index contributed by atoms with van der Waals surface area (Å²) in [7, 11) is 0. The molecule has 3 aromatic carbocycles. The number of nitrogens with one attached hydrogen (secondary N) is 2. The Morgan fingerprint density at radius 3 is 2.06 bits per heavy atom. The quantitative estimate of drug-likeness (QED) is 0.0874. The van der Waals surface area contributed by atoms with Gasteiger partial charge in [-0.3, -0.25) is 33.7 Å². The van der Waals surface area contributed by atoms with E-state index in [1.54, 1.807) is 6.07 Å². The Balaban J connectivity index is 1.20. The SMILES string of the molecule is CC(=O)NC(F)CC1=CC(=O)N(CCCCNC(=O)c2ccc3c(c2)C(=O)OC32c3cc(Cl)c(OC(C)=O)cc3Oc3cc(OC(C)=O)c(Cl)cc32)C1=O. The molecule has 1 unspecified atom stereocenters. The van der Waals surface area contributed by atoms with Crippen LogP contribution in [0.2, 0.25) is 10.0 Å². The second kappa shape index (κ2) is 14.9. The molecular weight excluding hydrogens is 752 g/mol. The fourth-order valence-electron chi connectivity index (χ4n) is 6.41. The lowest BCUT2D eigenvalue weighted by Crippen LogP contribution is -2.34. The topological polar surface area (TPSA) is 184 Å². The van der Waals surface area contributed by atoms with Crippen LogP contribution in [0.5, 0.6) is 23.0 Å². The largest absolute Gasteiger partial charge is 0.456 e. The number of amides is 4. The zero-order valence-electron chi connectivity index (χ0n) is 28.8. The average Bonchev–Trinajstić information content (AvgIpc) is 3.52. The molecule has 6 rings (SSSR count). The lowest BCUT2D eigenvalue weighted by Gasteiger charge is -2.37. The minimum absolute atomic E-state index is 0.00373. The van der Waals surface area contributed by atoms with Crippen LogP contribution in [0, 0.1) is 0 Å². The van der Waals surface area contributed by atoms with Crippen LogP contribution in [0.3, 0.4) is 0 Å². The van der Waals surface area contributed by atoms with Crippen LogP contribution < -0.4 is 24.8 Å². The van der Waals surface area contributed by atoms with E-state index in [4.69, 9.17) is 42.1 Å². The molecule has 2 N–H and O–H groups in total. The summed E-state index contributed by atoms with van der Waals surface area (Å²) in [6, 6.07) is 9.97. The molecule has 3 aliphatic heterocycles. The maximum Gasteiger partial charge on any atom is 0.340 e. The number of carbonyl (C=O) groups excluding carboxylic acids is 7. The van der Waals surface area contributed by atoms with E-state index < -0.39 is 59.9 Å². The minimum atomic E-state index is -1.81. The molecule has 0 saturated carbocycles. The molecule has 4 amide bonds. The summed E-state index contributed by atoms with van der Waals surface area (Å²) in [5, 5.41) is 4.78. The normalized spacial score (nSPS) is 15.3. The molecule has 0 aliphatic carbocycles. The number of nitrogens with zero attached hydrogens (tertiary/aromatic N) is 1. The Kier molecular flexibility index (Phi) is 10.5. The van der Waals surface area contributed by atoms with Crippen molar-refractivity contribution in [2.24, 2.45) is 0 Å². The third kappa shape index (κ3) is 7.24. The van der Waals surface area contributed by atoms with Crippen molar-refractivity contribution in [1.29, 1.82) is 0 Å². The van der Waals surface area contributed by atoms with Crippen molar-refractivity contribution in [2.75, 3.05) is 13.1 Å². The Morgan fingerprint density at radius 2 is 1.48 bits per heavy atom. The highest BCUT2D eigenvalue weighted by Gasteiger charge is 2.54. The number of benzene rings is 3. The van der Waals surface area contributed by atoms with Gasteiger partial charge in [0.2, 0.25) is 5.91 Å². The summed E-state index contributed by atoms with van der Waals surface area (Å²) < 4.78 is 36.7. The molecule has 3 aromatic rings. The number of unbranched alkanes of at least 4 members (excludes halogenated alkanes) is 1. The summed E-state index contributed by atoms with van der Waals surface area (Å²) in [6.07, 6.45) is -0.507. The van der Waals surface area contributed by atoms with Crippen LogP contribution in [0.4, 0.5) is 4.39 Å². The van der Waals surface area contributed by atoms with E-state index in [1.807, 2.05) is 5.32 Å². The number of imide groups is 1. The zero-order chi connectivity index (χ0) is 39.1. The van der Waals surface area contributed by atoms with E-state index in [1.165, 1.54) is 50.2 Å². The number of hydrogen-bond acceptors (Lipinski definition) is 11. The van der Waals surface area contributed by atoms with Crippen LogP contribution in [0.25, 0.3) is 0 Å². The molecule has 1 spiro atoms. The van der Waals surface area contributed by atoms with Gasteiger partial charge in [0.15, 0.2) is 23.4 Å². The van der Waals surface area contributed by atoms with Crippen molar-refractivity contribution in [3.05, 3.63) is 92.0 Å². The molecule has 1 atom stereocenters. The third-order valence-corrected chi connectivity index (χ3v) is 9.21. The maximum atomic E-state index is 14.0. The Bertz CT molecular complexity index is 2130.